The number of aryl methyl sites for hydroxylation is 1. The summed E-state index contributed by atoms with van der Waals surface area (Å²) in [7, 11) is 0. The van der Waals surface area contributed by atoms with Crippen molar-refractivity contribution in [3.63, 3.8) is 0 Å². The van der Waals surface area contributed by atoms with Crippen LogP contribution in [0.3, 0.4) is 0 Å². The van der Waals surface area contributed by atoms with Crippen LogP contribution in [0.5, 0.6) is 0 Å². The molecule has 31 heavy (non-hydrogen) atoms. The van der Waals surface area contributed by atoms with Gasteiger partial charge >= 0.3 is 0 Å². The first-order valence-corrected chi connectivity index (χ1v) is 12.7. The zero-order valence-electron chi connectivity index (χ0n) is 18.9. The van der Waals surface area contributed by atoms with Crippen LogP contribution in [0.2, 0.25) is 0 Å². The highest BCUT2D eigenvalue weighted by Gasteiger charge is 2.28. The molecule has 0 spiro atoms. The standard InChI is InChI=1S/C25H33BrN2O2S/c1-5-23(25(30)27-14-18(2)3)28(15-21-9-7-6-8-19(21)4)24(29)17-31-16-20-10-12-22(26)13-11-20/h6-13,18,23H,5,14-17H2,1-4H3,(H,27,30)/t23-/m1/s1. The molecule has 0 aliphatic heterocycles. The summed E-state index contributed by atoms with van der Waals surface area (Å²) < 4.78 is 1.04. The number of hydrogen-bond donors (Lipinski definition) is 1. The highest BCUT2D eigenvalue weighted by Crippen LogP contribution is 2.20. The number of amides is 2. The van der Waals surface area contributed by atoms with Crippen LogP contribution in [0.25, 0.3) is 0 Å². The van der Waals surface area contributed by atoms with E-state index in [1.165, 1.54) is 5.56 Å². The van der Waals surface area contributed by atoms with E-state index in [0.29, 0.717) is 31.2 Å². The molecule has 1 atom stereocenters. The van der Waals surface area contributed by atoms with Crippen LogP contribution in [0.15, 0.2) is 53.0 Å². The quantitative estimate of drug-likeness (QED) is 0.435. The monoisotopic (exact) mass is 504 g/mol. The lowest BCUT2D eigenvalue weighted by atomic mass is 10.1. The van der Waals surface area contributed by atoms with E-state index in [1.54, 1.807) is 16.7 Å². The molecule has 0 aromatic heterocycles. The smallest absolute Gasteiger partial charge is 0.242 e. The summed E-state index contributed by atoms with van der Waals surface area (Å²) in [6.07, 6.45) is 0.582. The first-order valence-electron chi connectivity index (χ1n) is 10.8. The Balaban J connectivity index is 2.12. The van der Waals surface area contributed by atoms with Crippen molar-refractivity contribution in [3.05, 3.63) is 69.7 Å². The summed E-state index contributed by atoms with van der Waals surface area (Å²) >= 11 is 5.03. The molecule has 0 radical (unpaired) electrons. The summed E-state index contributed by atoms with van der Waals surface area (Å²) in [4.78, 5) is 27.9. The molecule has 0 saturated heterocycles. The zero-order chi connectivity index (χ0) is 22.8. The highest BCUT2D eigenvalue weighted by molar-refractivity contribution is 9.10. The number of rotatable bonds is 11. The number of halogens is 1. The fourth-order valence-corrected chi connectivity index (χ4v) is 4.37. The number of carbonyl (C=O) groups is 2. The molecule has 2 amide bonds. The van der Waals surface area contributed by atoms with Gasteiger partial charge < -0.3 is 10.2 Å². The average Bonchev–Trinajstić information content (AvgIpc) is 2.74. The van der Waals surface area contributed by atoms with Crippen molar-refractivity contribution < 1.29 is 9.59 Å². The molecule has 0 unspecified atom stereocenters. The minimum Gasteiger partial charge on any atom is -0.354 e. The number of carbonyl (C=O) groups excluding carboxylic acids is 2. The zero-order valence-corrected chi connectivity index (χ0v) is 21.3. The first-order chi connectivity index (χ1) is 14.8. The van der Waals surface area contributed by atoms with E-state index in [4.69, 9.17) is 0 Å². The van der Waals surface area contributed by atoms with Crippen LogP contribution in [0.1, 0.15) is 43.9 Å². The van der Waals surface area contributed by atoms with Crippen molar-refractivity contribution in [1.82, 2.24) is 10.2 Å². The average molecular weight is 506 g/mol. The lowest BCUT2D eigenvalue weighted by molar-refractivity contribution is -0.139. The molecule has 0 bridgehead atoms. The number of hydrogen-bond acceptors (Lipinski definition) is 3. The van der Waals surface area contributed by atoms with Crippen LogP contribution >= 0.6 is 27.7 Å². The van der Waals surface area contributed by atoms with E-state index < -0.39 is 6.04 Å². The summed E-state index contributed by atoms with van der Waals surface area (Å²) in [5.74, 6) is 1.39. The van der Waals surface area contributed by atoms with Gasteiger partial charge in [0.05, 0.1) is 5.75 Å². The summed E-state index contributed by atoms with van der Waals surface area (Å²) in [6.45, 7) is 9.19. The van der Waals surface area contributed by atoms with Gasteiger partial charge in [-0.15, -0.1) is 11.8 Å². The second kappa shape index (κ2) is 12.9. The summed E-state index contributed by atoms with van der Waals surface area (Å²) in [6, 6.07) is 15.7. The van der Waals surface area contributed by atoms with Crippen molar-refractivity contribution in [2.45, 2.75) is 52.5 Å². The molecular weight excluding hydrogens is 472 g/mol. The van der Waals surface area contributed by atoms with Gasteiger partial charge in [0.1, 0.15) is 6.04 Å². The number of benzene rings is 2. The van der Waals surface area contributed by atoms with Crippen molar-refractivity contribution in [1.29, 1.82) is 0 Å². The van der Waals surface area contributed by atoms with Gasteiger partial charge in [0.15, 0.2) is 0 Å². The SMILES string of the molecule is CC[C@H](C(=O)NCC(C)C)N(Cc1ccccc1C)C(=O)CSCc1ccc(Br)cc1. The van der Waals surface area contributed by atoms with E-state index in [1.807, 2.05) is 50.2 Å². The largest absolute Gasteiger partial charge is 0.354 e. The number of thioether (sulfide) groups is 1. The fraction of sp³-hybridized carbons (Fsp3) is 0.440. The minimum atomic E-state index is -0.473. The van der Waals surface area contributed by atoms with E-state index in [2.05, 4.69) is 47.2 Å². The van der Waals surface area contributed by atoms with Crippen molar-refractivity contribution >= 4 is 39.5 Å². The van der Waals surface area contributed by atoms with E-state index in [0.717, 1.165) is 21.4 Å². The van der Waals surface area contributed by atoms with Gasteiger partial charge in [-0.25, -0.2) is 0 Å². The molecule has 0 aliphatic rings. The second-order valence-electron chi connectivity index (χ2n) is 8.13. The molecule has 168 valence electrons. The predicted octanol–water partition coefficient (Wildman–Crippen LogP) is 5.57. The third kappa shape index (κ3) is 8.34. The first kappa shape index (κ1) is 25.5. The molecule has 0 saturated carbocycles. The Labute approximate surface area is 199 Å². The molecule has 4 nitrogen and oxygen atoms in total. The van der Waals surface area contributed by atoms with Crippen LogP contribution < -0.4 is 5.32 Å². The van der Waals surface area contributed by atoms with Gasteiger partial charge in [-0.05, 0) is 48.1 Å². The lowest BCUT2D eigenvalue weighted by Crippen LogP contribution is -2.50. The van der Waals surface area contributed by atoms with Crippen LogP contribution in [-0.4, -0.2) is 35.1 Å². The third-order valence-electron chi connectivity index (χ3n) is 5.08. The van der Waals surface area contributed by atoms with Crippen molar-refractivity contribution in [2.75, 3.05) is 12.3 Å². The number of nitrogens with one attached hydrogen (secondary N) is 1. The van der Waals surface area contributed by atoms with Crippen molar-refractivity contribution in [3.8, 4) is 0 Å². The Bertz CT molecular complexity index is 855. The highest BCUT2D eigenvalue weighted by atomic mass is 79.9. The maximum absolute atomic E-state index is 13.3. The molecule has 2 aromatic rings. The Morgan fingerprint density at radius 2 is 1.77 bits per heavy atom. The summed E-state index contributed by atoms with van der Waals surface area (Å²) in [5.41, 5.74) is 3.37. The predicted molar refractivity (Wildman–Crippen MR) is 134 cm³/mol. The molecule has 1 N–H and O–H groups in total. The van der Waals surface area contributed by atoms with Gasteiger partial charge in [0.2, 0.25) is 11.8 Å². The maximum Gasteiger partial charge on any atom is 0.242 e. The Hall–Kier alpha value is -1.79. The van der Waals surface area contributed by atoms with E-state index in [-0.39, 0.29) is 11.8 Å². The van der Waals surface area contributed by atoms with Gasteiger partial charge in [-0.1, -0.05) is 73.1 Å². The van der Waals surface area contributed by atoms with Gasteiger partial charge in [-0.2, -0.15) is 0 Å². The number of nitrogens with zero attached hydrogens (tertiary/aromatic N) is 1. The fourth-order valence-electron chi connectivity index (χ4n) is 3.23. The van der Waals surface area contributed by atoms with Crippen molar-refractivity contribution in [2.24, 2.45) is 5.92 Å². The molecule has 2 aromatic carbocycles. The molecule has 0 aliphatic carbocycles. The molecule has 0 heterocycles. The van der Waals surface area contributed by atoms with Crippen LogP contribution in [-0.2, 0) is 21.9 Å². The molecule has 0 fully saturated rings. The van der Waals surface area contributed by atoms with Crippen LogP contribution in [0.4, 0.5) is 0 Å². The Morgan fingerprint density at radius 3 is 2.39 bits per heavy atom. The van der Waals surface area contributed by atoms with Gasteiger partial charge in [-0.3, -0.25) is 9.59 Å². The maximum atomic E-state index is 13.3. The van der Waals surface area contributed by atoms with Gasteiger partial charge in [0, 0.05) is 23.3 Å². The molecule has 2 rings (SSSR count). The Kier molecular flexibility index (Phi) is 10.6. The second-order valence-corrected chi connectivity index (χ2v) is 10.0. The van der Waals surface area contributed by atoms with Crippen LogP contribution in [0, 0.1) is 12.8 Å². The molecular formula is C25H33BrN2O2S. The Morgan fingerprint density at radius 1 is 1.10 bits per heavy atom. The van der Waals surface area contributed by atoms with E-state index in [9.17, 15) is 9.59 Å². The summed E-state index contributed by atoms with van der Waals surface area (Å²) in [5, 5.41) is 3.01. The molecule has 6 heteroatoms. The van der Waals surface area contributed by atoms with E-state index >= 15 is 0 Å². The van der Waals surface area contributed by atoms with Gasteiger partial charge in [0.25, 0.3) is 0 Å². The lowest BCUT2D eigenvalue weighted by Gasteiger charge is -2.31. The third-order valence-corrected chi connectivity index (χ3v) is 6.60. The topological polar surface area (TPSA) is 49.4 Å². The normalized spacial score (nSPS) is 11.9. The minimum absolute atomic E-state index is 0.00286.